The van der Waals surface area contributed by atoms with Crippen molar-refractivity contribution >= 4 is 5.91 Å². The zero-order valence-corrected chi connectivity index (χ0v) is 5.92. The van der Waals surface area contributed by atoms with Crippen LogP contribution in [0.15, 0.2) is 0 Å². The smallest absolute Gasteiger partial charge is 0.249 e. The summed E-state index contributed by atoms with van der Waals surface area (Å²) >= 11 is 0. The maximum absolute atomic E-state index is 10.7. The van der Waals surface area contributed by atoms with Gasteiger partial charge in [-0.05, 0) is 6.42 Å². The van der Waals surface area contributed by atoms with E-state index in [-0.39, 0.29) is 0 Å². The Hall–Kier alpha value is -1.08. The second-order valence-electron chi connectivity index (χ2n) is 2.00. The van der Waals surface area contributed by atoms with Crippen molar-refractivity contribution in [2.24, 2.45) is 5.73 Å². The number of hydrogen-bond donors (Lipinski definition) is 2. The lowest BCUT2D eigenvalue weighted by Crippen LogP contribution is -2.38. The molecule has 0 aromatic rings. The molecule has 0 spiro atoms. The van der Waals surface area contributed by atoms with Gasteiger partial charge in [-0.3, -0.25) is 10.1 Å². The predicted octanol–water partition coefficient (Wildman–Crippen LogP) is -0.289. The average molecular weight is 141 g/mol. The maximum Gasteiger partial charge on any atom is 0.249 e. The average Bonchev–Trinajstić information content (AvgIpc) is 1.89. The monoisotopic (exact) mass is 141 g/mol. The molecule has 0 rings (SSSR count). The van der Waals surface area contributed by atoms with E-state index in [2.05, 4.69) is 0 Å². The lowest BCUT2D eigenvalue weighted by Gasteiger charge is -2.04. The topological polar surface area (TPSA) is 78.9 Å². The van der Waals surface area contributed by atoms with E-state index in [9.17, 15) is 4.79 Å². The van der Waals surface area contributed by atoms with Gasteiger partial charge >= 0.3 is 0 Å². The molecule has 4 heteroatoms. The number of amides is 1. The van der Waals surface area contributed by atoms with Crippen molar-refractivity contribution in [2.45, 2.75) is 25.8 Å². The lowest BCUT2D eigenvalue weighted by molar-refractivity contribution is -0.121. The highest BCUT2D eigenvalue weighted by molar-refractivity contribution is 5.82. The van der Waals surface area contributed by atoms with Crippen LogP contribution >= 0.6 is 0 Å². The molecule has 4 nitrogen and oxygen atoms in total. The number of nitriles is 1. The van der Waals surface area contributed by atoms with Gasteiger partial charge in [-0.2, -0.15) is 5.26 Å². The van der Waals surface area contributed by atoms with Gasteiger partial charge in [0.05, 0.1) is 6.04 Å². The molecule has 0 heterocycles. The van der Waals surface area contributed by atoms with Crippen LogP contribution in [0.4, 0.5) is 0 Å². The minimum Gasteiger partial charge on any atom is -0.320 e. The van der Waals surface area contributed by atoms with Gasteiger partial charge in [-0.25, -0.2) is 0 Å². The molecule has 0 aliphatic rings. The summed E-state index contributed by atoms with van der Waals surface area (Å²) in [7, 11) is 0. The van der Waals surface area contributed by atoms with Crippen molar-refractivity contribution in [3.8, 4) is 6.19 Å². The highest BCUT2D eigenvalue weighted by Gasteiger charge is 2.10. The van der Waals surface area contributed by atoms with Gasteiger partial charge in [0.1, 0.15) is 0 Å². The summed E-state index contributed by atoms with van der Waals surface area (Å²) in [5, 5.41) is 9.99. The third-order valence-corrected chi connectivity index (χ3v) is 1.12. The Bertz CT molecular complexity index is 150. The molecule has 0 bridgehead atoms. The van der Waals surface area contributed by atoms with Crippen molar-refractivity contribution in [1.29, 1.82) is 5.26 Å². The number of rotatable bonds is 3. The fraction of sp³-hybridized carbons (Fsp3) is 0.667. The fourth-order valence-corrected chi connectivity index (χ4v) is 0.590. The Morgan fingerprint density at radius 1 is 1.90 bits per heavy atom. The molecule has 0 saturated heterocycles. The second kappa shape index (κ2) is 4.77. The Balaban J connectivity index is 3.62. The first-order chi connectivity index (χ1) is 4.72. The molecule has 0 aromatic heterocycles. The van der Waals surface area contributed by atoms with Crippen LogP contribution in [0.3, 0.4) is 0 Å². The summed E-state index contributed by atoms with van der Waals surface area (Å²) in [6, 6.07) is -0.537. The molecule has 1 unspecified atom stereocenters. The van der Waals surface area contributed by atoms with Crippen LogP contribution in [0, 0.1) is 11.5 Å². The first-order valence-electron chi connectivity index (χ1n) is 3.17. The molecule has 3 N–H and O–H groups in total. The Morgan fingerprint density at radius 2 is 2.50 bits per heavy atom. The van der Waals surface area contributed by atoms with Crippen LogP contribution in [0.1, 0.15) is 19.8 Å². The van der Waals surface area contributed by atoms with Crippen molar-refractivity contribution in [3.63, 3.8) is 0 Å². The van der Waals surface area contributed by atoms with Gasteiger partial charge in [0.25, 0.3) is 0 Å². The highest BCUT2D eigenvalue weighted by atomic mass is 16.2. The van der Waals surface area contributed by atoms with Crippen LogP contribution in [0.2, 0.25) is 0 Å². The lowest BCUT2D eigenvalue weighted by atomic mass is 10.2. The SMILES string of the molecule is CCCC(N)C(=O)NC#N. The number of hydrogen-bond acceptors (Lipinski definition) is 3. The van der Waals surface area contributed by atoms with E-state index < -0.39 is 11.9 Å². The van der Waals surface area contributed by atoms with E-state index in [1.165, 1.54) is 6.19 Å². The molecule has 56 valence electrons. The molecule has 0 saturated carbocycles. The summed E-state index contributed by atoms with van der Waals surface area (Å²) in [5.41, 5.74) is 5.35. The second-order valence-corrected chi connectivity index (χ2v) is 2.00. The normalized spacial score (nSPS) is 11.7. The zero-order chi connectivity index (χ0) is 7.98. The number of carbonyl (C=O) groups is 1. The molecule has 0 radical (unpaired) electrons. The van der Waals surface area contributed by atoms with Crippen molar-refractivity contribution in [3.05, 3.63) is 0 Å². The standard InChI is InChI=1S/C6H11N3O/c1-2-3-5(8)6(10)9-4-7/h5H,2-3,8H2,1H3,(H,9,10). The molecular formula is C6H11N3O. The molecule has 0 aliphatic carbocycles. The largest absolute Gasteiger partial charge is 0.320 e. The van der Waals surface area contributed by atoms with Gasteiger partial charge in [-0.1, -0.05) is 13.3 Å². The van der Waals surface area contributed by atoms with Crippen LogP contribution < -0.4 is 11.1 Å². The van der Waals surface area contributed by atoms with E-state index in [4.69, 9.17) is 11.0 Å². The Labute approximate surface area is 60.0 Å². The van der Waals surface area contributed by atoms with Gasteiger partial charge < -0.3 is 5.73 Å². The highest BCUT2D eigenvalue weighted by Crippen LogP contribution is 1.91. The van der Waals surface area contributed by atoms with Crippen molar-refractivity contribution < 1.29 is 4.79 Å². The quantitative estimate of drug-likeness (QED) is 0.418. The fourth-order valence-electron chi connectivity index (χ4n) is 0.590. The first-order valence-corrected chi connectivity index (χ1v) is 3.17. The maximum atomic E-state index is 10.7. The van der Waals surface area contributed by atoms with Crippen LogP contribution in [-0.2, 0) is 4.79 Å². The third kappa shape index (κ3) is 3.05. The van der Waals surface area contributed by atoms with E-state index in [1.807, 2.05) is 12.2 Å². The summed E-state index contributed by atoms with van der Waals surface area (Å²) in [6.45, 7) is 1.93. The predicted molar refractivity (Wildman–Crippen MR) is 36.6 cm³/mol. The Morgan fingerprint density at radius 3 is 2.90 bits per heavy atom. The van der Waals surface area contributed by atoms with E-state index in [1.54, 1.807) is 0 Å². The summed E-state index contributed by atoms with van der Waals surface area (Å²) < 4.78 is 0. The molecule has 10 heavy (non-hydrogen) atoms. The van der Waals surface area contributed by atoms with Gasteiger partial charge in [0, 0.05) is 0 Å². The van der Waals surface area contributed by atoms with Gasteiger partial charge in [0.2, 0.25) is 5.91 Å². The number of nitrogens with two attached hydrogens (primary N) is 1. The molecule has 0 aromatic carbocycles. The molecule has 1 atom stereocenters. The first kappa shape index (κ1) is 8.92. The van der Waals surface area contributed by atoms with E-state index in [0.29, 0.717) is 6.42 Å². The summed E-state index contributed by atoms with van der Waals surface area (Å²) in [4.78, 5) is 10.7. The van der Waals surface area contributed by atoms with Gasteiger partial charge in [-0.15, -0.1) is 0 Å². The van der Waals surface area contributed by atoms with Crippen molar-refractivity contribution in [1.82, 2.24) is 5.32 Å². The minimum atomic E-state index is -0.537. The molecular weight excluding hydrogens is 130 g/mol. The molecule has 0 fully saturated rings. The van der Waals surface area contributed by atoms with Crippen LogP contribution in [0.25, 0.3) is 0 Å². The zero-order valence-electron chi connectivity index (χ0n) is 5.92. The number of nitrogens with zero attached hydrogens (tertiary/aromatic N) is 1. The molecule has 1 amide bonds. The number of nitrogens with one attached hydrogen (secondary N) is 1. The van der Waals surface area contributed by atoms with Crippen LogP contribution in [0.5, 0.6) is 0 Å². The number of carbonyl (C=O) groups excluding carboxylic acids is 1. The summed E-state index contributed by atoms with van der Waals surface area (Å²) in [6.07, 6.45) is 2.99. The van der Waals surface area contributed by atoms with E-state index >= 15 is 0 Å². The third-order valence-electron chi connectivity index (χ3n) is 1.12. The Kier molecular flexibility index (Phi) is 4.25. The van der Waals surface area contributed by atoms with Gasteiger partial charge in [0.15, 0.2) is 6.19 Å². The minimum absolute atomic E-state index is 0.399. The van der Waals surface area contributed by atoms with Crippen molar-refractivity contribution in [2.75, 3.05) is 0 Å². The summed E-state index contributed by atoms with van der Waals surface area (Å²) in [5.74, 6) is -0.399. The molecule has 0 aliphatic heterocycles. The van der Waals surface area contributed by atoms with Crippen LogP contribution in [-0.4, -0.2) is 11.9 Å². The van der Waals surface area contributed by atoms with E-state index in [0.717, 1.165) is 6.42 Å².